The molecule has 2 aromatic carbocycles. The number of ether oxygens (including phenoxy) is 1. The third-order valence-corrected chi connectivity index (χ3v) is 2.56. The zero-order valence-electron chi connectivity index (χ0n) is 10.8. The van der Waals surface area contributed by atoms with Gasteiger partial charge in [0.05, 0.1) is 13.3 Å². The summed E-state index contributed by atoms with van der Waals surface area (Å²) in [5.74, 6) is -0.233. The smallest absolute Gasteiger partial charge is 0.271 e. The molecule has 0 saturated carbocycles. The van der Waals surface area contributed by atoms with Crippen molar-refractivity contribution in [2.45, 2.75) is 0 Å². The normalized spacial score (nSPS) is 10.5. The fourth-order valence-electron chi connectivity index (χ4n) is 1.58. The molecule has 1 amide bonds. The van der Waals surface area contributed by atoms with Crippen LogP contribution in [-0.4, -0.2) is 19.2 Å². The van der Waals surface area contributed by atoms with Gasteiger partial charge in [-0.05, 0) is 35.9 Å². The Morgan fingerprint density at radius 2 is 2.05 bits per heavy atom. The van der Waals surface area contributed by atoms with Gasteiger partial charge in [0.2, 0.25) is 0 Å². The Balaban J connectivity index is 2.00. The second-order valence-electron chi connectivity index (χ2n) is 3.99. The summed E-state index contributed by atoms with van der Waals surface area (Å²) in [4.78, 5) is 11.7. The molecule has 0 atom stereocenters. The maximum absolute atomic E-state index is 13.0. The molecule has 0 radical (unpaired) electrons. The lowest BCUT2D eigenvalue weighted by Gasteiger charge is -2.01. The maximum atomic E-state index is 13.0. The predicted molar refractivity (Wildman–Crippen MR) is 74.5 cm³/mol. The monoisotopic (exact) mass is 272 g/mol. The van der Waals surface area contributed by atoms with Crippen LogP contribution >= 0.6 is 0 Å². The van der Waals surface area contributed by atoms with E-state index in [9.17, 15) is 9.18 Å². The number of nitrogens with zero attached hydrogens (tertiary/aromatic N) is 1. The molecule has 4 nitrogen and oxygen atoms in total. The van der Waals surface area contributed by atoms with Gasteiger partial charge in [-0.25, -0.2) is 9.82 Å². The Bertz CT molecular complexity index is 641. The Kier molecular flexibility index (Phi) is 4.44. The molecule has 20 heavy (non-hydrogen) atoms. The number of carbonyl (C=O) groups is 1. The average Bonchev–Trinajstić information content (AvgIpc) is 2.47. The van der Waals surface area contributed by atoms with Crippen molar-refractivity contribution in [2.24, 2.45) is 5.10 Å². The zero-order valence-corrected chi connectivity index (χ0v) is 10.8. The lowest BCUT2D eigenvalue weighted by atomic mass is 10.2. The van der Waals surface area contributed by atoms with Crippen molar-refractivity contribution in [1.29, 1.82) is 0 Å². The van der Waals surface area contributed by atoms with Crippen LogP contribution in [0.1, 0.15) is 15.9 Å². The molecule has 2 aromatic rings. The Labute approximate surface area is 115 Å². The van der Waals surface area contributed by atoms with Crippen molar-refractivity contribution >= 4 is 12.1 Å². The summed E-state index contributed by atoms with van der Waals surface area (Å²) < 4.78 is 18.0. The summed E-state index contributed by atoms with van der Waals surface area (Å²) in [5.41, 5.74) is 3.33. The largest absolute Gasteiger partial charge is 0.497 e. The highest BCUT2D eigenvalue weighted by molar-refractivity contribution is 5.94. The Morgan fingerprint density at radius 1 is 1.25 bits per heavy atom. The third-order valence-electron chi connectivity index (χ3n) is 2.56. The number of rotatable bonds is 4. The van der Waals surface area contributed by atoms with E-state index in [0.717, 1.165) is 11.6 Å². The lowest BCUT2D eigenvalue weighted by Crippen LogP contribution is -2.17. The fraction of sp³-hybridized carbons (Fsp3) is 0.0667. The van der Waals surface area contributed by atoms with Gasteiger partial charge in [-0.15, -0.1) is 0 Å². The summed E-state index contributed by atoms with van der Waals surface area (Å²) in [6.45, 7) is 0. The number of hydrogen-bond acceptors (Lipinski definition) is 3. The van der Waals surface area contributed by atoms with Crippen molar-refractivity contribution < 1.29 is 13.9 Å². The van der Waals surface area contributed by atoms with Gasteiger partial charge in [0, 0.05) is 5.56 Å². The van der Waals surface area contributed by atoms with E-state index >= 15 is 0 Å². The van der Waals surface area contributed by atoms with Gasteiger partial charge in [-0.3, -0.25) is 4.79 Å². The molecule has 0 aliphatic rings. The number of amides is 1. The maximum Gasteiger partial charge on any atom is 0.271 e. The molecule has 0 aliphatic heterocycles. The van der Waals surface area contributed by atoms with Gasteiger partial charge < -0.3 is 4.74 Å². The first kappa shape index (κ1) is 13.7. The number of halogens is 1. The number of nitrogens with one attached hydrogen (secondary N) is 1. The molecule has 102 valence electrons. The SMILES string of the molecule is COc1cccc(C=NNC(=O)c2cccc(F)c2)c1. The first-order valence-corrected chi connectivity index (χ1v) is 5.92. The van der Waals surface area contributed by atoms with Crippen LogP contribution in [0.3, 0.4) is 0 Å². The minimum atomic E-state index is -0.469. The van der Waals surface area contributed by atoms with E-state index in [-0.39, 0.29) is 5.56 Å². The third kappa shape index (κ3) is 3.65. The van der Waals surface area contributed by atoms with Crippen LogP contribution in [0.5, 0.6) is 5.75 Å². The highest BCUT2D eigenvalue weighted by Crippen LogP contribution is 2.10. The van der Waals surface area contributed by atoms with Gasteiger partial charge >= 0.3 is 0 Å². The van der Waals surface area contributed by atoms with E-state index in [0.29, 0.717) is 5.75 Å². The summed E-state index contributed by atoms with van der Waals surface area (Å²) in [6, 6.07) is 12.6. The topological polar surface area (TPSA) is 50.7 Å². The molecule has 0 bridgehead atoms. The molecule has 0 fully saturated rings. The van der Waals surface area contributed by atoms with Gasteiger partial charge in [-0.2, -0.15) is 5.10 Å². The molecular weight excluding hydrogens is 259 g/mol. The number of hydrazone groups is 1. The van der Waals surface area contributed by atoms with Gasteiger partial charge in [0.1, 0.15) is 11.6 Å². The van der Waals surface area contributed by atoms with Crippen LogP contribution in [-0.2, 0) is 0 Å². The number of hydrogen-bond donors (Lipinski definition) is 1. The van der Waals surface area contributed by atoms with Crippen LogP contribution in [0.25, 0.3) is 0 Å². The first-order chi connectivity index (χ1) is 9.69. The van der Waals surface area contributed by atoms with Crippen LogP contribution in [0.15, 0.2) is 53.6 Å². The van der Waals surface area contributed by atoms with Crippen LogP contribution in [0.2, 0.25) is 0 Å². The quantitative estimate of drug-likeness (QED) is 0.687. The van der Waals surface area contributed by atoms with Crippen molar-refractivity contribution in [3.8, 4) is 5.75 Å². The Morgan fingerprint density at radius 3 is 2.80 bits per heavy atom. The van der Waals surface area contributed by atoms with Gasteiger partial charge in [0.15, 0.2) is 0 Å². The summed E-state index contributed by atoms with van der Waals surface area (Å²) >= 11 is 0. The van der Waals surface area contributed by atoms with E-state index in [2.05, 4.69) is 10.5 Å². The minimum absolute atomic E-state index is 0.216. The second kappa shape index (κ2) is 6.47. The predicted octanol–water partition coefficient (Wildman–Crippen LogP) is 2.60. The molecule has 0 spiro atoms. The number of methoxy groups -OCH3 is 1. The van der Waals surface area contributed by atoms with Crippen LogP contribution in [0.4, 0.5) is 4.39 Å². The molecule has 0 aromatic heterocycles. The average molecular weight is 272 g/mol. The summed E-state index contributed by atoms with van der Waals surface area (Å²) in [7, 11) is 1.57. The molecule has 0 saturated heterocycles. The lowest BCUT2D eigenvalue weighted by molar-refractivity contribution is 0.0954. The highest BCUT2D eigenvalue weighted by Gasteiger charge is 2.04. The first-order valence-electron chi connectivity index (χ1n) is 5.92. The second-order valence-corrected chi connectivity index (χ2v) is 3.99. The summed E-state index contributed by atoms with van der Waals surface area (Å²) in [6.07, 6.45) is 1.49. The van der Waals surface area contributed by atoms with Crippen molar-refractivity contribution in [3.05, 3.63) is 65.5 Å². The highest BCUT2D eigenvalue weighted by atomic mass is 19.1. The number of benzene rings is 2. The minimum Gasteiger partial charge on any atom is -0.497 e. The van der Waals surface area contributed by atoms with E-state index in [1.807, 2.05) is 18.2 Å². The molecule has 0 unspecified atom stereocenters. The Hall–Kier alpha value is -2.69. The van der Waals surface area contributed by atoms with E-state index in [1.165, 1.54) is 24.4 Å². The number of carbonyl (C=O) groups excluding carboxylic acids is 1. The molecule has 1 N–H and O–H groups in total. The van der Waals surface area contributed by atoms with Gasteiger partial charge in [0.25, 0.3) is 5.91 Å². The van der Waals surface area contributed by atoms with E-state index < -0.39 is 11.7 Å². The van der Waals surface area contributed by atoms with E-state index in [4.69, 9.17) is 4.74 Å². The molecule has 2 rings (SSSR count). The molecule has 5 heteroatoms. The molecular formula is C15H13FN2O2. The van der Waals surface area contributed by atoms with E-state index in [1.54, 1.807) is 13.2 Å². The zero-order chi connectivity index (χ0) is 14.4. The standard InChI is InChI=1S/C15H13FN2O2/c1-20-14-7-2-4-11(8-14)10-17-18-15(19)12-5-3-6-13(16)9-12/h2-10H,1H3,(H,18,19). The van der Waals surface area contributed by atoms with Crippen LogP contribution < -0.4 is 10.2 Å². The van der Waals surface area contributed by atoms with Gasteiger partial charge in [-0.1, -0.05) is 18.2 Å². The molecule has 0 aliphatic carbocycles. The van der Waals surface area contributed by atoms with Crippen LogP contribution in [0, 0.1) is 5.82 Å². The fourth-order valence-corrected chi connectivity index (χ4v) is 1.58. The van der Waals surface area contributed by atoms with Crippen molar-refractivity contribution in [2.75, 3.05) is 7.11 Å². The molecule has 0 heterocycles. The van der Waals surface area contributed by atoms with Crippen molar-refractivity contribution in [1.82, 2.24) is 5.43 Å². The summed E-state index contributed by atoms with van der Waals surface area (Å²) in [5, 5.41) is 3.82. The van der Waals surface area contributed by atoms with Crippen molar-refractivity contribution in [3.63, 3.8) is 0 Å².